The second-order valence-electron chi connectivity index (χ2n) is 6.46. The quantitative estimate of drug-likeness (QED) is 0.759. The molecule has 2 rings (SSSR count). The summed E-state index contributed by atoms with van der Waals surface area (Å²) in [5.41, 5.74) is -0.756. The van der Waals surface area contributed by atoms with E-state index in [1.807, 2.05) is 0 Å². The number of carboxylic acid groups (broad SMARTS) is 1. The van der Waals surface area contributed by atoms with Gasteiger partial charge in [0.25, 0.3) is 0 Å². The number of hydrogen-bond donors (Lipinski definition) is 2. The van der Waals surface area contributed by atoms with Gasteiger partial charge in [-0.15, -0.1) is 0 Å². The molecular formula is C16H17F4NO4. The van der Waals surface area contributed by atoms with Gasteiger partial charge in [0.05, 0.1) is 30.6 Å². The molecule has 2 atom stereocenters. The van der Waals surface area contributed by atoms with Crippen molar-refractivity contribution in [2.24, 2.45) is 17.3 Å². The second-order valence-corrected chi connectivity index (χ2v) is 6.46. The largest absolute Gasteiger partial charge is 0.491 e. The number of anilines is 1. The topological polar surface area (TPSA) is 75.6 Å². The van der Waals surface area contributed by atoms with Crippen LogP contribution >= 0.6 is 0 Å². The van der Waals surface area contributed by atoms with Crippen LogP contribution < -0.4 is 10.1 Å². The fourth-order valence-corrected chi connectivity index (χ4v) is 2.79. The van der Waals surface area contributed by atoms with Crippen LogP contribution in [0.25, 0.3) is 0 Å². The van der Waals surface area contributed by atoms with Crippen LogP contribution in [0.1, 0.15) is 20.3 Å². The number of alkyl halides is 3. The molecule has 0 saturated heterocycles. The predicted octanol–water partition coefficient (Wildman–Crippen LogP) is 3.45. The van der Waals surface area contributed by atoms with Crippen molar-refractivity contribution in [1.82, 2.24) is 0 Å². The molecule has 9 heteroatoms. The van der Waals surface area contributed by atoms with E-state index in [0.29, 0.717) is 0 Å². The highest BCUT2D eigenvalue weighted by Crippen LogP contribution is 2.58. The Morgan fingerprint density at radius 3 is 2.44 bits per heavy atom. The number of ether oxygens (including phenoxy) is 1. The number of hydrogen-bond acceptors (Lipinski definition) is 3. The summed E-state index contributed by atoms with van der Waals surface area (Å²) in [6, 6.07) is 3.03. The van der Waals surface area contributed by atoms with E-state index >= 15 is 0 Å². The summed E-state index contributed by atoms with van der Waals surface area (Å²) >= 11 is 0. The monoisotopic (exact) mass is 363 g/mol. The Morgan fingerprint density at radius 1 is 1.28 bits per heavy atom. The zero-order valence-electron chi connectivity index (χ0n) is 13.5. The number of carbonyl (C=O) groups is 2. The summed E-state index contributed by atoms with van der Waals surface area (Å²) in [5, 5.41) is 11.5. The van der Waals surface area contributed by atoms with Crippen LogP contribution in [-0.2, 0) is 9.59 Å². The van der Waals surface area contributed by atoms with Crippen molar-refractivity contribution in [2.45, 2.75) is 26.4 Å². The number of benzene rings is 1. The first kappa shape index (κ1) is 19.0. The lowest BCUT2D eigenvalue weighted by Crippen LogP contribution is -2.19. The number of amides is 1. The Kier molecular flexibility index (Phi) is 4.97. The van der Waals surface area contributed by atoms with Gasteiger partial charge >= 0.3 is 12.1 Å². The summed E-state index contributed by atoms with van der Waals surface area (Å²) in [7, 11) is 0. The van der Waals surface area contributed by atoms with E-state index < -0.39 is 54.1 Å². The van der Waals surface area contributed by atoms with Crippen molar-refractivity contribution in [2.75, 3.05) is 11.9 Å². The van der Waals surface area contributed by atoms with E-state index in [-0.39, 0.29) is 11.4 Å². The molecule has 25 heavy (non-hydrogen) atoms. The number of rotatable bonds is 6. The van der Waals surface area contributed by atoms with Gasteiger partial charge in [-0.2, -0.15) is 13.2 Å². The number of halogens is 4. The highest BCUT2D eigenvalue weighted by atomic mass is 19.4. The SMILES string of the molecule is CC1(C)[C@H](C(=O)O)[C@@H]1C(=O)Nc1ccc(F)cc1OCCC(F)(F)F. The predicted molar refractivity (Wildman–Crippen MR) is 79.6 cm³/mol. The molecule has 0 bridgehead atoms. The van der Waals surface area contributed by atoms with E-state index in [1.54, 1.807) is 13.8 Å². The standard InChI is InChI=1S/C16H17F4NO4/c1-15(2)11(12(15)14(23)24)13(22)21-9-4-3-8(17)7-10(9)25-6-5-16(18,19)20/h3-4,7,11-12H,5-6H2,1-2H3,(H,21,22)(H,23,24)/t11-,12+/m1/s1. The Hall–Kier alpha value is -2.32. The van der Waals surface area contributed by atoms with Gasteiger partial charge in [0.1, 0.15) is 11.6 Å². The zero-order chi connectivity index (χ0) is 19.0. The van der Waals surface area contributed by atoms with E-state index in [2.05, 4.69) is 5.32 Å². The molecule has 5 nitrogen and oxygen atoms in total. The van der Waals surface area contributed by atoms with E-state index in [0.717, 1.165) is 18.2 Å². The van der Waals surface area contributed by atoms with Crippen LogP contribution in [-0.4, -0.2) is 29.8 Å². The van der Waals surface area contributed by atoms with Gasteiger partial charge in [0.15, 0.2) is 0 Å². The van der Waals surface area contributed by atoms with Crippen molar-refractivity contribution in [3.63, 3.8) is 0 Å². The van der Waals surface area contributed by atoms with E-state index in [1.165, 1.54) is 0 Å². The van der Waals surface area contributed by atoms with Crippen molar-refractivity contribution >= 4 is 17.6 Å². The van der Waals surface area contributed by atoms with Gasteiger partial charge in [0, 0.05) is 6.07 Å². The maximum Gasteiger partial charge on any atom is 0.392 e. The molecule has 1 aromatic rings. The van der Waals surface area contributed by atoms with Crippen LogP contribution in [0, 0.1) is 23.1 Å². The maximum absolute atomic E-state index is 13.3. The third-order valence-electron chi connectivity index (χ3n) is 4.22. The van der Waals surface area contributed by atoms with Crippen molar-refractivity contribution in [3.05, 3.63) is 24.0 Å². The summed E-state index contributed by atoms with van der Waals surface area (Å²) in [6.45, 7) is 2.52. The van der Waals surface area contributed by atoms with Crippen molar-refractivity contribution in [1.29, 1.82) is 0 Å². The molecule has 1 saturated carbocycles. The minimum absolute atomic E-state index is 0.0135. The van der Waals surface area contributed by atoms with Gasteiger partial charge in [-0.05, 0) is 17.5 Å². The molecule has 0 aromatic heterocycles. The Morgan fingerprint density at radius 2 is 1.92 bits per heavy atom. The summed E-state index contributed by atoms with van der Waals surface area (Å²) < 4.78 is 54.8. The van der Waals surface area contributed by atoms with Crippen LogP contribution in [0.5, 0.6) is 5.75 Å². The minimum Gasteiger partial charge on any atom is -0.491 e. The Balaban J connectivity index is 2.09. The highest BCUT2D eigenvalue weighted by Gasteiger charge is 2.65. The molecule has 0 aliphatic heterocycles. The molecule has 0 radical (unpaired) electrons. The summed E-state index contributed by atoms with van der Waals surface area (Å²) in [5.74, 6) is -4.35. The van der Waals surface area contributed by atoms with Crippen LogP contribution in [0.15, 0.2) is 18.2 Å². The molecular weight excluding hydrogens is 346 g/mol. The lowest BCUT2D eigenvalue weighted by molar-refractivity contribution is -0.140. The summed E-state index contributed by atoms with van der Waals surface area (Å²) in [4.78, 5) is 23.4. The molecule has 1 amide bonds. The molecule has 2 N–H and O–H groups in total. The maximum atomic E-state index is 13.3. The first-order valence-corrected chi connectivity index (χ1v) is 7.46. The zero-order valence-corrected chi connectivity index (χ0v) is 13.5. The first-order chi connectivity index (χ1) is 11.4. The average molecular weight is 363 g/mol. The molecule has 1 aromatic carbocycles. The van der Waals surface area contributed by atoms with E-state index in [4.69, 9.17) is 9.84 Å². The third-order valence-corrected chi connectivity index (χ3v) is 4.22. The van der Waals surface area contributed by atoms with Crippen molar-refractivity contribution in [3.8, 4) is 5.75 Å². The van der Waals surface area contributed by atoms with Crippen LogP contribution in [0.4, 0.5) is 23.2 Å². The van der Waals surface area contributed by atoms with Crippen molar-refractivity contribution < 1.29 is 37.0 Å². The Bertz CT molecular complexity index is 687. The summed E-state index contributed by atoms with van der Waals surface area (Å²) in [6.07, 6.45) is -5.66. The van der Waals surface area contributed by atoms with Gasteiger partial charge in [-0.3, -0.25) is 9.59 Å². The molecule has 0 unspecified atom stereocenters. The smallest absolute Gasteiger partial charge is 0.392 e. The average Bonchev–Trinajstić information content (AvgIpc) is 3.03. The number of nitrogens with one attached hydrogen (secondary N) is 1. The first-order valence-electron chi connectivity index (χ1n) is 7.46. The fourth-order valence-electron chi connectivity index (χ4n) is 2.79. The van der Waals surface area contributed by atoms with Gasteiger partial charge in [0.2, 0.25) is 5.91 Å². The van der Waals surface area contributed by atoms with Gasteiger partial charge in [-0.1, -0.05) is 13.8 Å². The normalized spacial score (nSPS) is 21.5. The van der Waals surface area contributed by atoms with Gasteiger partial charge in [-0.25, -0.2) is 4.39 Å². The second kappa shape index (κ2) is 6.53. The molecule has 0 spiro atoms. The lowest BCUT2D eigenvalue weighted by atomic mass is 10.1. The van der Waals surface area contributed by atoms with Crippen LogP contribution in [0.2, 0.25) is 0 Å². The lowest BCUT2D eigenvalue weighted by Gasteiger charge is -2.14. The third kappa shape index (κ3) is 4.40. The number of aliphatic carboxylic acids is 1. The van der Waals surface area contributed by atoms with Crippen LogP contribution in [0.3, 0.4) is 0 Å². The Labute approximate surface area is 141 Å². The molecule has 1 aliphatic rings. The molecule has 1 aliphatic carbocycles. The molecule has 0 heterocycles. The number of carboxylic acids is 1. The molecule has 1 fully saturated rings. The van der Waals surface area contributed by atoms with E-state index in [9.17, 15) is 27.2 Å². The number of carbonyl (C=O) groups excluding carboxylic acids is 1. The fraction of sp³-hybridized carbons (Fsp3) is 0.500. The minimum atomic E-state index is -4.43. The van der Waals surface area contributed by atoms with Gasteiger partial charge < -0.3 is 15.2 Å². The molecule has 138 valence electrons. The highest BCUT2D eigenvalue weighted by molar-refractivity contribution is 6.00.